The van der Waals surface area contributed by atoms with Gasteiger partial charge in [0.1, 0.15) is 11.5 Å². The van der Waals surface area contributed by atoms with E-state index < -0.39 is 17.6 Å². The van der Waals surface area contributed by atoms with Crippen LogP contribution < -0.4 is 19.7 Å². The fraction of sp³-hybridized carbons (Fsp3) is 0.154. The van der Waals surface area contributed by atoms with Crippen LogP contribution in [-0.2, 0) is 16.0 Å². The maximum absolute atomic E-state index is 13.9. The van der Waals surface area contributed by atoms with Gasteiger partial charge in [-0.3, -0.25) is 9.59 Å². The summed E-state index contributed by atoms with van der Waals surface area (Å²) in [4.78, 5) is 27.9. The molecule has 7 heteroatoms. The van der Waals surface area contributed by atoms with Crippen LogP contribution in [0.3, 0.4) is 0 Å². The summed E-state index contributed by atoms with van der Waals surface area (Å²) in [6.45, 7) is 2.05. The Balaban J connectivity index is 1.83. The van der Waals surface area contributed by atoms with Crippen molar-refractivity contribution in [3.8, 4) is 11.5 Å². The standard InChI is InChI=1S/C26H23FN2O4/c1-4-16-8-11-19(12-9-16)28-24-23(17-10-13-21(32-2)22(14-17)33-3)25(30)29(26(24)31)20-7-5-6-18(27)15-20/h5-15,28H,4H2,1-3H3. The number of nitrogens with zero attached hydrogens (tertiary/aromatic N) is 1. The van der Waals surface area contributed by atoms with Crippen LogP contribution in [0.25, 0.3) is 5.57 Å². The number of halogens is 1. The molecular formula is C26H23FN2O4. The van der Waals surface area contributed by atoms with Crippen LogP contribution in [0.1, 0.15) is 18.1 Å². The number of carbonyl (C=O) groups is 2. The van der Waals surface area contributed by atoms with Crippen molar-refractivity contribution in [2.75, 3.05) is 24.4 Å². The minimum Gasteiger partial charge on any atom is -0.493 e. The molecule has 4 rings (SSSR count). The van der Waals surface area contributed by atoms with Gasteiger partial charge in [0.05, 0.1) is 25.5 Å². The van der Waals surface area contributed by atoms with Gasteiger partial charge in [-0.2, -0.15) is 0 Å². The van der Waals surface area contributed by atoms with E-state index in [1.54, 1.807) is 18.2 Å². The Morgan fingerprint density at radius 2 is 1.61 bits per heavy atom. The van der Waals surface area contributed by atoms with Crippen molar-refractivity contribution in [1.82, 2.24) is 0 Å². The second kappa shape index (κ2) is 9.16. The van der Waals surface area contributed by atoms with Crippen LogP contribution in [0, 0.1) is 5.82 Å². The summed E-state index contributed by atoms with van der Waals surface area (Å²) in [6, 6.07) is 18.0. The van der Waals surface area contributed by atoms with Gasteiger partial charge in [-0.15, -0.1) is 0 Å². The van der Waals surface area contributed by atoms with E-state index in [4.69, 9.17) is 9.47 Å². The number of anilines is 2. The van der Waals surface area contributed by atoms with Gasteiger partial charge in [0, 0.05) is 5.69 Å². The summed E-state index contributed by atoms with van der Waals surface area (Å²) < 4.78 is 24.5. The van der Waals surface area contributed by atoms with Crippen molar-refractivity contribution < 1.29 is 23.5 Å². The van der Waals surface area contributed by atoms with Gasteiger partial charge in [0.25, 0.3) is 11.8 Å². The van der Waals surface area contributed by atoms with Gasteiger partial charge < -0.3 is 14.8 Å². The number of methoxy groups -OCH3 is 2. The first-order valence-electron chi connectivity index (χ1n) is 10.4. The fourth-order valence-electron chi connectivity index (χ4n) is 3.72. The molecule has 0 bridgehead atoms. The Kier molecular flexibility index (Phi) is 6.13. The first-order valence-corrected chi connectivity index (χ1v) is 10.4. The molecule has 0 radical (unpaired) electrons. The molecule has 0 fully saturated rings. The molecule has 1 N–H and O–H groups in total. The Bertz CT molecular complexity index is 1250. The lowest BCUT2D eigenvalue weighted by Crippen LogP contribution is -2.32. The molecule has 0 aromatic heterocycles. The molecule has 0 aliphatic carbocycles. The molecule has 0 unspecified atom stereocenters. The predicted molar refractivity (Wildman–Crippen MR) is 125 cm³/mol. The van der Waals surface area contributed by atoms with Crippen molar-refractivity contribution in [3.05, 3.63) is 89.4 Å². The van der Waals surface area contributed by atoms with Gasteiger partial charge in [-0.1, -0.05) is 31.2 Å². The largest absolute Gasteiger partial charge is 0.493 e. The van der Waals surface area contributed by atoms with Crippen LogP contribution in [0.15, 0.2) is 72.4 Å². The van der Waals surface area contributed by atoms with E-state index in [-0.39, 0.29) is 17.0 Å². The summed E-state index contributed by atoms with van der Waals surface area (Å²) in [6.07, 6.45) is 0.880. The molecular weight excluding hydrogens is 423 g/mol. The molecule has 1 heterocycles. The Hall–Kier alpha value is -4.13. The van der Waals surface area contributed by atoms with Crippen LogP contribution in [0.5, 0.6) is 11.5 Å². The summed E-state index contributed by atoms with van der Waals surface area (Å²) in [5.74, 6) is -0.776. The number of nitrogens with one attached hydrogen (secondary N) is 1. The Labute approximate surface area is 191 Å². The number of rotatable bonds is 7. The topological polar surface area (TPSA) is 67.9 Å². The molecule has 1 aliphatic rings. The van der Waals surface area contributed by atoms with E-state index in [1.807, 2.05) is 24.3 Å². The van der Waals surface area contributed by atoms with Crippen molar-refractivity contribution in [1.29, 1.82) is 0 Å². The molecule has 0 spiro atoms. The molecule has 2 amide bonds. The second-order valence-corrected chi connectivity index (χ2v) is 7.42. The highest BCUT2D eigenvalue weighted by Gasteiger charge is 2.40. The number of imide groups is 1. The molecule has 33 heavy (non-hydrogen) atoms. The van der Waals surface area contributed by atoms with Crippen molar-refractivity contribution in [2.24, 2.45) is 0 Å². The fourth-order valence-corrected chi connectivity index (χ4v) is 3.72. The van der Waals surface area contributed by atoms with E-state index in [0.717, 1.165) is 23.0 Å². The van der Waals surface area contributed by atoms with Gasteiger partial charge in [-0.05, 0) is 60.0 Å². The number of amides is 2. The quantitative estimate of drug-likeness (QED) is 0.528. The highest BCUT2D eigenvalue weighted by Crippen LogP contribution is 2.37. The van der Waals surface area contributed by atoms with Crippen molar-refractivity contribution in [2.45, 2.75) is 13.3 Å². The van der Waals surface area contributed by atoms with Crippen molar-refractivity contribution in [3.63, 3.8) is 0 Å². The lowest BCUT2D eigenvalue weighted by atomic mass is 10.0. The first-order chi connectivity index (χ1) is 16.0. The summed E-state index contributed by atoms with van der Waals surface area (Å²) in [7, 11) is 3.00. The highest BCUT2D eigenvalue weighted by atomic mass is 19.1. The zero-order chi connectivity index (χ0) is 23.5. The van der Waals surface area contributed by atoms with E-state index >= 15 is 0 Å². The van der Waals surface area contributed by atoms with Crippen LogP contribution in [0.4, 0.5) is 15.8 Å². The van der Waals surface area contributed by atoms with Crippen LogP contribution >= 0.6 is 0 Å². The number of hydrogen-bond acceptors (Lipinski definition) is 5. The highest BCUT2D eigenvalue weighted by molar-refractivity contribution is 6.46. The molecule has 3 aromatic rings. The SMILES string of the molecule is CCc1ccc(NC2=C(c3ccc(OC)c(OC)c3)C(=O)N(c3cccc(F)c3)C2=O)cc1. The van der Waals surface area contributed by atoms with Gasteiger partial charge >= 0.3 is 0 Å². The Morgan fingerprint density at radius 3 is 2.24 bits per heavy atom. The molecule has 6 nitrogen and oxygen atoms in total. The smallest absolute Gasteiger partial charge is 0.282 e. The van der Waals surface area contributed by atoms with Crippen LogP contribution in [-0.4, -0.2) is 26.0 Å². The minimum atomic E-state index is -0.574. The van der Waals surface area contributed by atoms with Gasteiger partial charge in [0.2, 0.25) is 0 Å². The minimum absolute atomic E-state index is 0.0979. The van der Waals surface area contributed by atoms with Gasteiger partial charge in [-0.25, -0.2) is 9.29 Å². The number of hydrogen-bond donors (Lipinski definition) is 1. The normalized spacial score (nSPS) is 13.5. The lowest BCUT2D eigenvalue weighted by molar-refractivity contribution is -0.120. The number of aryl methyl sites for hydroxylation is 1. The monoisotopic (exact) mass is 446 g/mol. The second-order valence-electron chi connectivity index (χ2n) is 7.42. The van der Waals surface area contributed by atoms with Crippen LogP contribution in [0.2, 0.25) is 0 Å². The lowest BCUT2D eigenvalue weighted by Gasteiger charge is -2.15. The third kappa shape index (κ3) is 4.17. The zero-order valence-corrected chi connectivity index (χ0v) is 18.5. The molecule has 1 aliphatic heterocycles. The molecule has 0 saturated heterocycles. The summed E-state index contributed by atoms with van der Waals surface area (Å²) >= 11 is 0. The summed E-state index contributed by atoms with van der Waals surface area (Å²) in [5, 5.41) is 3.10. The van der Waals surface area contributed by atoms with E-state index in [9.17, 15) is 14.0 Å². The average molecular weight is 446 g/mol. The summed E-state index contributed by atoms with van der Waals surface area (Å²) in [5.41, 5.74) is 2.68. The number of carbonyl (C=O) groups excluding carboxylic acids is 2. The number of ether oxygens (including phenoxy) is 2. The van der Waals surface area contributed by atoms with E-state index in [2.05, 4.69) is 12.2 Å². The molecule has 3 aromatic carbocycles. The maximum Gasteiger partial charge on any atom is 0.282 e. The Morgan fingerprint density at radius 1 is 0.879 bits per heavy atom. The molecule has 0 atom stereocenters. The third-order valence-electron chi connectivity index (χ3n) is 5.45. The predicted octanol–water partition coefficient (Wildman–Crippen LogP) is 4.80. The first kappa shape index (κ1) is 22.1. The van der Waals surface area contributed by atoms with Crippen molar-refractivity contribution >= 4 is 28.8 Å². The number of benzene rings is 3. The molecule has 0 saturated carbocycles. The molecule has 168 valence electrons. The average Bonchev–Trinajstić information content (AvgIpc) is 3.08. The van der Waals surface area contributed by atoms with Gasteiger partial charge in [0.15, 0.2) is 11.5 Å². The maximum atomic E-state index is 13.9. The van der Waals surface area contributed by atoms with E-state index in [1.165, 1.54) is 32.4 Å². The van der Waals surface area contributed by atoms with E-state index in [0.29, 0.717) is 22.7 Å². The zero-order valence-electron chi connectivity index (χ0n) is 18.5. The third-order valence-corrected chi connectivity index (χ3v) is 5.45.